The molecule has 0 bridgehead atoms. The summed E-state index contributed by atoms with van der Waals surface area (Å²) >= 11 is 5.26. The van der Waals surface area contributed by atoms with Crippen LogP contribution in [-0.4, -0.2) is 0 Å². The van der Waals surface area contributed by atoms with Crippen LogP contribution in [0.5, 0.6) is 0 Å². The summed E-state index contributed by atoms with van der Waals surface area (Å²) in [6.45, 7) is 14.1. The van der Waals surface area contributed by atoms with Gasteiger partial charge in [0.2, 0.25) is 0 Å². The molecule has 0 atom stereocenters. The fourth-order valence-electron chi connectivity index (χ4n) is 4.23. The second-order valence-corrected chi connectivity index (χ2v) is 8.57. The van der Waals surface area contributed by atoms with Crippen molar-refractivity contribution in [3.63, 3.8) is 0 Å². The zero-order valence-corrected chi connectivity index (χ0v) is 18.2. The van der Waals surface area contributed by atoms with E-state index in [0.29, 0.717) is 0 Å². The van der Waals surface area contributed by atoms with E-state index in [1.54, 1.807) is 0 Å². The molecule has 0 saturated carbocycles. The summed E-state index contributed by atoms with van der Waals surface area (Å²) in [4.78, 5) is 0. The number of hydrogen-bond acceptors (Lipinski definition) is 0. The molecular weight excluding hydrogens is 378 g/mol. The van der Waals surface area contributed by atoms with Crippen LogP contribution in [0.3, 0.4) is 0 Å². The molecule has 0 fully saturated rings. The van der Waals surface area contributed by atoms with Gasteiger partial charge in [-0.3, -0.25) is 0 Å². The zero-order chi connectivity index (χ0) is 19.0. The number of aryl methyl sites for hydroxylation is 6. The summed E-state index contributed by atoms with van der Waals surface area (Å²) in [5.74, 6) is 0. The minimum atomic E-state index is 0.932. The Balaban J connectivity index is 2.34. The predicted molar refractivity (Wildman–Crippen MR) is 112 cm³/mol. The van der Waals surface area contributed by atoms with Crippen LogP contribution < -0.4 is 5.30 Å². The first-order valence-electron chi connectivity index (χ1n) is 8.92. The van der Waals surface area contributed by atoms with Crippen molar-refractivity contribution < 1.29 is 14.6 Å². The molecule has 26 heavy (non-hydrogen) atoms. The van der Waals surface area contributed by atoms with Gasteiger partial charge in [-0.2, -0.15) is 0 Å². The van der Waals surface area contributed by atoms with Gasteiger partial charge in [0.25, 0.3) is 0 Å². The Bertz CT molecular complexity index is 893. The molecule has 0 aliphatic rings. The van der Waals surface area contributed by atoms with E-state index in [9.17, 15) is 0 Å². The molecule has 0 aliphatic heterocycles. The van der Waals surface area contributed by atoms with Crippen LogP contribution >= 0.6 is 6.91 Å². The van der Waals surface area contributed by atoms with Crippen LogP contribution in [0.4, 0.5) is 0 Å². The monoisotopic (exact) mass is 402 g/mol. The molecule has 136 valence electrons. The van der Waals surface area contributed by atoms with Gasteiger partial charge in [0, 0.05) is 0 Å². The SMILES string of the molecule is Cc1cc(C)c(-c2cccc(-c3c(C)cc(C)cc3C)c2[P]=[Ni])c(C)c1. The van der Waals surface area contributed by atoms with Gasteiger partial charge in [-0.05, 0) is 0 Å². The van der Waals surface area contributed by atoms with Crippen LogP contribution in [0.1, 0.15) is 33.4 Å². The fourth-order valence-corrected chi connectivity index (χ4v) is 5.47. The molecule has 3 aromatic rings. The van der Waals surface area contributed by atoms with Gasteiger partial charge in [-0.25, -0.2) is 0 Å². The van der Waals surface area contributed by atoms with E-state index in [2.05, 4.69) is 84.0 Å². The van der Waals surface area contributed by atoms with Crippen LogP contribution in [0, 0.1) is 41.5 Å². The van der Waals surface area contributed by atoms with Crippen molar-refractivity contribution in [3.8, 4) is 22.3 Å². The van der Waals surface area contributed by atoms with Gasteiger partial charge in [-0.1, -0.05) is 0 Å². The van der Waals surface area contributed by atoms with Crippen LogP contribution in [0.15, 0.2) is 42.5 Å². The molecule has 0 aromatic heterocycles. The average Bonchev–Trinajstić information content (AvgIpc) is 2.53. The van der Waals surface area contributed by atoms with Crippen molar-refractivity contribution in [2.24, 2.45) is 0 Å². The summed E-state index contributed by atoms with van der Waals surface area (Å²) in [6.07, 6.45) is 0. The van der Waals surface area contributed by atoms with Gasteiger partial charge < -0.3 is 0 Å². The van der Waals surface area contributed by atoms with Gasteiger partial charge >= 0.3 is 166 Å². The summed E-state index contributed by atoms with van der Waals surface area (Å²) in [7, 11) is 0. The van der Waals surface area contributed by atoms with Crippen molar-refractivity contribution >= 4 is 12.2 Å². The van der Waals surface area contributed by atoms with E-state index < -0.39 is 0 Å². The second-order valence-electron chi connectivity index (χ2n) is 7.32. The molecule has 0 heterocycles. The topological polar surface area (TPSA) is 0 Å². The third-order valence-corrected chi connectivity index (χ3v) is 6.29. The van der Waals surface area contributed by atoms with Gasteiger partial charge in [0.05, 0.1) is 0 Å². The molecule has 0 saturated heterocycles. The first-order chi connectivity index (χ1) is 12.3. The fraction of sp³-hybridized carbons (Fsp3) is 0.250. The third kappa shape index (κ3) is 3.49. The van der Waals surface area contributed by atoms with Crippen molar-refractivity contribution in [2.45, 2.75) is 41.5 Å². The van der Waals surface area contributed by atoms with E-state index in [4.69, 9.17) is 14.6 Å². The molecule has 0 unspecified atom stereocenters. The maximum atomic E-state index is 5.26. The Morgan fingerprint density at radius 3 is 1.27 bits per heavy atom. The molecule has 0 nitrogen and oxygen atoms in total. The van der Waals surface area contributed by atoms with Gasteiger partial charge in [0.1, 0.15) is 0 Å². The molecule has 3 rings (SSSR count). The molecule has 0 amide bonds. The summed E-state index contributed by atoms with van der Waals surface area (Å²) < 4.78 is 0. The van der Waals surface area contributed by atoms with Crippen LogP contribution in [0.25, 0.3) is 22.3 Å². The molecule has 0 aliphatic carbocycles. The minimum absolute atomic E-state index is 0.932. The molecular formula is C24H25NiP. The first-order valence-corrected chi connectivity index (χ1v) is 11.0. The Morgan fingerprint density at radius 2 is 0.962 bits per heavy atom. The summed E-state index contributed by atoms with van der Waals surface area (Å²) in [5.41, 5.74) is 13.1. The Hall–Kier alpha value is -1.55. The average molecular weight is 403 g/mol. The number of benzene rings is 3. The number of hydrogen-bond donors (Lipinski definition) is 0. The standard InChI is InChI=1S/C24H25P.Ni/c1-14-10-16(3)22(17(4)11-14)20-8-7-9-21(24(20)25)23-18(5)12-15(2)13-19(23)6;/h7-13H,1-6H3;. The summed E-state index contributed by atoms with van der Waals surface area (Å²) in [5, 5.41) is 1.26. The maximum absolute atomic E-state index is 5.26. The van der Waals surface area contributed by atoms with Crippen molar-refractivity contribution in [1.82, 2.24) is 0 Å². The van der Waals surface area contributed by atoms with Crippen molar-refractivity contribution in [3.05, 3.63) is 75.8 Å². The Labute approximate surface area is 166 Å². The van der Waals surface area contributed by atoms with Gasteiger partial charge in [0.15, 0.2) is 0 Å². The number of rotatable bonds is 3. The van der Waals surface area contributed by atoms with Crippen molar-refractivity contribution in [2.75, 3.05) is 0 Å². The Morgan fingerprint density at radius 1 is 0.615 bits per heavy atom. The van der Waals surface area contributed by atoms with Gasteiger partial charge in [-0.15, -0.1) is 0 Å². The molecule has 0 N–H and O–H groups in total. The van der Waals surface area contributed by atoms with E-state index in [1.807, 2.05) is 0 Å². The quantitative estimate of drug-likeness (QED) is 0.330. The summed E-state index contributed by atoms with van der Waals surface area (Å²) in [6, 6.07) is 15.7. The predicted octanol–water partition coefficient (Wildman–Crippen LogP) is 6.90. The first kappa shape index (κ1) is 19.2. The second kappa shape index (κ2) is 7.60. The normalized spacial score (nSPS) is 11.2. The molecule has 3 aromatic carbocycles. The van der Waals surface area contributed by atoms with E-state index in [1.165, 1.54) is 60.9 Å². The molecule has 0 radical (unpaired) electrons. The zero-order valence-electron chi connectivity index (χ0n) is 16.3. The van der Waals surface area contributed by atoms with E-state index in [-0.39, 0.29) is 0 Å². The van der Waals surface area contributed by atoms with Crippen LogP contribution in [-0.2, 0) is 14.6 Å². The Kier molecular flexibility index (Phi) is 5.62. The van der Waals surface area contributed by atoms with E-state index in [0.717, 1.165) is 6.91 Å². The van der Waals surface area contributed by atoms with Crippen molar-refractivity contribution in [1.29, 1.82) is 0 Å². The third-order valence-electron chi connectivity index (χ3n) is 5.00. The van der Waals surface area contributed by atoms with Crippen LogP contribution in [0.2, 0.25) is 0 Å². The molecule has 2 heteroatoms. The molecule has 0 spiro atoms. The van der Waals surface area contributed by atoms with E-state index >= 15 is 0 Å².